The van der Waals surface area contributed by atoms with Gasteiger partial charge in [-0.1, -0.05) is 39.0 Å². The summed E-state index contributed by atoms with van der Waals surface area (Å²) in [7, 11) is 0. The summed E-state index contributed by atoms with van der Waals surface area (Å²) in [6.07, 6.45) is 2.13. The first-order chi connectivity index (χ1) is 9.07. The second-order valence-corrected chi connectivity index (χ2v) is 5.32. The van der Waals surface area contributed by atoms with Gasteiger partial charge in [-0.25, -0.2) is 0 Å². The second kappa shape index (κ2) is 8.87. The maximum absolute atomic E-state index is 9.74. The highest BCUT2D eigenvalue weighted by atomic mass is 16.7. The van der Waals surface area contributed by atoms with E-state index in [1.807, 2.05) is 0 Å². The van der Waals surface area contributed by atoms with Gasteiger partial charge in [-0.2, -0.15) is 0 Å². The fourth-order valence-electron chi connectivity index (χ4n) is 2.23. The third kappa shape index (κ3) is 5.36. The van der Waals surface area contributed by atoms with E-state index < -0.39 is 30.7 Å². The number of ether oxygens (including phenoxy) is 2. The van der Waals surface area contributed by atoms with Crippen LogP contribution in [0.25, 0.3) is 0 Å². The highest BCUT2D eigenvalue weighted by molar-refractivity contribution is 4.87. The predicted octanol–water partition coefficient (Wildman–Crippen LogP) is 1.19. The van der Waals surface area contributed by atoms with Crippen molar-refractivity contribution in [2.45, 2.75) is 83.1 Å². The topological polar surface area (TPSA) is 79.2 Å². The van der Waals surface area contributed by atoms with Crippen molar-refractivity contribution in [3.8, 4) is 0 Å². The third-order valence-electron chi connectivity index (χ3n) is 3.59. The van der Waals surface area contributed by atoms with Crippen molar-refractivity contribution in [2.75, 3.05) is 6.61 Å². The summed E-state index contributed by atoms with van der Waals surface area (Å²) in [4.78, 5) is 0. The lowest BCUT2D eigenvalue weighted by Gasteiger charge is -2.38. The molecule has 0 aliphatic carbocycles. The van der Waals surface area contributed by atoms with Crippen LogP contribution in [-0.4, -0.2) is 52.6 Å². The number of hydrogen-bond acceptors (Lipinski definition) is 5. The standard InChI is InChI=1S/C14H28O5/c1-3-4-5-6-7-8-9-18-14-13(17)12(16)11(15)10(2)19-14/h10-17H,3-9H2,1-2H3/t10-,11-,12+,13+,14+/m1/s1. The lowest BCUT2D eigenvalue weighted by molar-refractivity contribution is -0.293. The van der Waals surface area contributed by atoms with Gasteiger partial charge in [0.2, 0.25) is 0 Å². The van der Waals surface area contributed by atoms with Crippen LogP contribution in [0.1, 0.15) is 52.4 Å². The Balaban J connectivity index is 2.15. The average Bonchev–Trinajstić information content (AvgIpc) is 2.41. The van der Waals surface area contributed by atoms with E-state index in [4.69, 9.17) is 9.47 Å². The Morgan fingerprint density at radius 1 is 0.895 bits per heavy atom. The molecule has 0 saturated carbocycles. The van der Waals surface area contributed by atoms with Crippen molar-refractivity contribution in [3.63, 3.8) is 0 Å². The molecule has 114 valence electrons. The van der Waals surface area contributed by atoms with E-state index in [0.29, 0.717) is 6.61 Å². The summed E-state index contributed by atoms with van der Waals surface area (Å²) in [5, 5.41) is 28.9. The molecule has 0 amide bonds. The molecule has 1 aliphatic heterocycles. The molecule has 1 fully saturated rings. The van der Waals surface area contributed by atoms with Crippen LogP contribution in [0, 0.1) is 0 Å². The highest BCUT2D eigenvalue weighted by Gasteiger charge is 2.42. The van der Waals surface area contributed by atoms with Crippen molar-refractivity contribution in [2.24, 2.45) is 0 Å². The minimum Gasteiger partial charge on any atom is -0.388 e. The Bertz CT molecular complexity index is 236. The van der Waals surface area contributed by atoms with Crippen molar-refractivity contribution < 1.29 is 24.8 Å². The lowest BCUT2D eigenvalue weighted by Crippen LogP contribution is -2.57. The Hall–Kier alpha value is -0.200. The van der Waals surface area contributed by atoms with Crippen LogP contribution in [-0.2, 0) is 9.47 Å². The molecule has 19 heavy (non-hydrogen) atoms. The second-order valence-electron chi connectivity index (χ2n) is 5.32. The SMILES string of the molecule is CCCCCCCCO[C@H]1O[C@H](C)[C@@H](O)[C@H](O)[C@@H]1O. The average molecular weight is 276 g/mol. The van der Waals surface area contributed by atoms with Crippen molar-refractivity contribution >= 4 is 0 Å². The fraction of sp³-hybridized carbons (Fsp3) is 1.00. The molecule has 0 aromatic carbocycles. The molecular formula is C14H28O5. The summed E-state index contributed by atoms with van der Waals surface area (Å²) in [5.41, 5.74) is 0. The van der Waals surface area contributed by atoms with Gasteiger partial charge in [0, 0.05) is 6.61 Å². The first-order valence-corrected chi connectivity index (χ1v) is 7.39. The van der Waals surface area contributed by atoms with Gasteiger partial charge in [0.1, 0.15) is 18.3 Å². The summed E-state index contributed by atoms with van der Waals surface area (Å²) >= 11 is 0. The van der Waals surface area contributed by atoms with Crippen LogP contribution < -0.4 is 0 Å². The molecule has 0 radical (unpaired) electrons. The van der Waals surface area contributed by atoms with Gasteiger partial charge in [0.25, 0.3) is 0 Å². The molecule has 0 aromatic rings. The Morgan fingerprint density at radius 2 is 1.53 bits per heavy atom. The van der Waals surface area contributed by atoms with E-state index in [9.17, 15) is 15.3 Å². The van der Waals surface area contributed by atoms with Gasteiger partial charge in [0.05, 0.1) is 6.10 Å². The Kier molecular flexibility index (Phi) is 7.87. The fourth-order valence-corrected chi connectivity index (χ4v) is 2.23. The predicted molar refractivity (Wildman–Crippen MR) is 71.7 cm³/mol. The number of aliphatic hydroxyl groups is 3. The van der Waals surface area contributed by atoms with Crippen molar-refractivity contribution in [3.05, 3.63) is 0 Å². The first-order valence-electron chi connectivity index (χ1n) is 7.39. The van der Waals surface area contributed by atoms with E-state index >= 15 is 0 Å². The largest absolute Gasteiger partial charge is 0.388 e. The molecule has 3 N–H and O–H groups in total. The van der Waals surface area contributed by atoms with E-state index in [0.717, 1.165) is 12.8 Å². The van der Waals surface area contributed by atoms with E-state index in [1.54, 1.807) is 6.92 Å². The minimum absolute atomic E-state index is 0.503. The van der Waals surface area contributed by atoms with E-state index in [2.05, 4.69) is 6.92 Å². The number of hydrogen-bond donors (Lipinski definition) is 3. The van der Waals surface area contributed by atoms with E-state index in [-0.39, 0.29) is 0 Å². The van der Waals surface area contributed by atoms with Crippen LogP contribution >= 0.6 is 0 Å². The molecule has 5 atom stereocenters. The number of unbranched alkanes of at least 4 members (excludes halogenated alkanes) is 5. The van der Waals surface area contributed by atoms with Crippen LogP contribution in [0.3, 0.4) is 0 Å². The molecule has 1 rings (SSSR count). The molecule has 5 heteroatoms. The zero-order valence-corrected chi connectivity index (χ0v) is 12.0. The maximum atomic E-state index is 9.74. The number of aliphatic hydroxyl groups excluding tert-OH is 3. The normalized spacial score (nSPS) is 35.5. The van der Waals surface area contributed by atoms with Crippen molar-refractivity contribution in [1.29, 1.82) is 0 Å². The smallest absolute Gasteiger partial charge is 0.186 e. The van der Waals surface area contributed by atoms with Gasteiger partial charge in [-0.05, 0) is 13.3 Å². The van der Waals surface area contributed by atoms with Crippen LogP contribution in [0.2, 0.25) is 0 Å². The molecule has 0 spiro atoms. The maximum Gasteiger partial charge on any atom is 0.186 e. The quantitative estimate of drug-likeness (QED) is 0.580. The summed E-state index contributed by atoms with van der Waals surface area (Å²) < 4.78 is 10.8. The van der Waals surface area contributed by atoms with Gasteiger partial charge in [-0.15, -0.1) is 0 Å². The van der Waals surface area contributed by atoms with Gasteiger partial charge in [-0.3, -0.25) is 0 Å². The molecule has 5 nitrogen and oxygen atoms in total. The molecule has 0 bridgehead atoms. The minimum atomic E-state index is -1.21. The number of rotatable bonds is 8. The molecule has 1 heterocycles. The van der Waals surface area contributed by atoms with E-state index in [1.165, 1.54) is 25.7 Å². The molecule has 0 unspecified atom stereocenters. The van der Waals surface area contributed by atoms with Gasteiger partial charge >= 0.3 is 0 Å². The zero-order valence-electron chi connectivity index (χ0n) is 12.0. The molecule has 1 aliphatic rings. The highest BCUT2D eigenvalue weighted by Crippen LogP contribution is 2.22. The first kappa shape index (κ1) is 16.9. The van der Waals surface area contributed by atoms with Gasteiger partial charge in [0.15, 0.2) is 6.29 Å². The molecule has 0 aromatic heterocycles. The van der Waals surface area contributed by atoms with Crippen molar-refractivity contribution in [1.82, 2.24) is 0 Å². The Labute approximate surface area is 115 Å². The zero-order chi connectivity index (χ0) is 14.3. The molecule has 1 saturated heterocycles. The third-order valence-corrected chi connectivity index (χ3v) is 3.59. The lowest BCUT2D eigenvalue weighted by atomic mass is 10.00. The molecular weight excluding hydrogens is 248 g/mol. The van der Waals surface area contributed by atoms with Gasteiger partial charge < -0.3 is 24.8 Å². The summed E-state index contributed by atoms with van der Waals surface area (Å²) in [6.45, 7) is 4.34. The van der Waals surface area contributed by atoms with Crippen LogP contribution in [0.15, 0.2) is 0 Å². The summed E-state index contributed by atoms with van der Waals surface area (Å²) in [5.74, 6) is 0. The monoisotopic (exact) mass is 276 g/mol. The van der Waals surface area contributed by atoms with Crippen LogP contribution in [0.5, 0.6) is 0 Å². The van der Waals surface area contributed by atoms with Crippen LogP contribution in [0.4, 0.5) is 0 Å². The Morgan fingerprint density at radius 3 is 2.21 bits per heavy atom. The summed E-state index contributed by atoms with van der Waals surface area (Å²) in [6, 6.07) is 0.